The maximum Gasteiger partial charge on any atom is 0.338 e. The number of nitrogens with one attached hydrogen (secondary N) is 1. The maximum absolute atomic E-state index is 14.8. The smallest absolute Gasteiger partial charge is 0.338 e. The number of carbonyl (C=O) groups is 3. The summed E-state index contributed by atoms with van der Waals surface area (Å²) in [7, 11) is 0. The average Bonchev–Trinajstić information content (AvgIpc) is 2.79. The molecule has 0 aromatic heterocycles. The van der Waals surface area contributed by atoms with Crippen molar-refractivity contribution in [1.29, 1.82) is 0 Å². The van der Waals surface area contributed by atoms with Gasteiger partial charge in [-0.15, -0.1) is 0 Å². The van der Waals surface area contributed by atoms with E-state index in [4.69, 9.17) is 4.74 Å². The van der Waals surface area contributed by atoms with E-state index in [-0.39, 0.29) is 35.7 Å². The SMILES string of the molecule is CCOC(=O)C1=C(CN2CCN(C(=O)CC(C)C)[C@H](C)C2)N(CC)C(=O)N[C@H]1c1ccccc1F. The molecule has 9 heteroatoms. The number of likely N-dealkylation sites (N-methyl/N-ethyl adjacent to an activating group) is 1. The molecule has 0 unspecified atom stereocenters. The van der Waals surface area contributed by atoms with Crippen molar-refractivity contribution in [3.63, 3.8) is 0 Å². The highest BCUT2D eigenvalue weighted by atomic mass is 19.1. The molecule has 0 aliphatic carbocycles. The maximum atomic E-state index is 14.8. The summed E-state index contributed by atoms with van der Waals surface area (Å²) in [6.45, 7) is 12.2. The molecule has 1 N–H and O–H groups in total. The highest BCUT2D eigenvalue weighted by Crippen LogP contribution is 2.33. The molecule has 1 saturated heterocycles. The average molecular weight is 489 g/mol. The first-order valence-corrected chi connectivity index (χ1v) is 12.4. The van der Waals surface area contributed by atoms with Gasteiger partial charge in [-0.05, 0) is 32.8 Å². The van der Waals surface area contributed by atoms with Crippen LogP contribution < -0.4 is 5.32 Å². The second-order valence-corrected chi connectivity index (χ2v) is 9.50. The van der Waals surface area contributed by atoms with Gasteiger partial charge in [0.25, 0.3) is 0 Å². The first kappa shape index (κ1) is 26.7. The van der Waals surface area contributed by atoms with E-state index in [1.54, 1.807) is 25.1 Å². The summed E-state index contributed by atoms with van der Waals surface area (Å²) in [5.41, 5.74) is 0.969. The van der Waals surface area contributed by atoms with Crippen LogP contribution in [0.2, 0.25) is 0 Å². The van der Waals surface area contributed by atoms with Gasteiger partial charge in [0.15, 0.2) is 0 Å². The van der Waals surface area contributed by atoms with Crippen LogP contribution in [-0.2, 0) is 14.3 Å². The minimum atomic E-state index is -0.952. The van der Waals surface area contributed by atoms with Gasteiger partial charge >= 0.3 is 12.0 Å². The molecule has 0 radical (unpaired) electrons. The fourth-order valence-electron chi connectivity index (χ4n) is 4.83. The molecule has 2 heterocycles. The number of hydrogen-bond acceptors (Lipinski definition) is 5. The molecule has 1 aromatic carbocycles. The summed E-state index contributed by atoms with van der Waals surface area (Å²) in [5, 5.41) is 2.80. The molecule has 2 aliphatic rings. The number of esters is 1. The zero-order valence-corrected chi connectivity index (χ0v) is 21.3. The summed E-state index contributed by atoms with van der Waals surface area (Å²) in [5.74, 6) is -0.646. The molecule has 3 amide bonds. The van der Waals surface area contributed by atoms with Gasteiger partial charge in [0, 0.05) is 56.4 Å². The molecule has 0 spiro atoms. The molecule has 2 atom stereocenters. The van der Waals surface area contributed by atoms with Gasteiger partial charge < -0.3 is 15.0 Å². The third-order valence-corrected chi connectivity index (χ3v) is 6.45. The van der Waals surface area contributed by atoms with Crippen molar-refractivity contribution in [2.75, 3.05) is 39.3 Å². The van der Waals surface area contributed by atoms with E-state index in [0.29, 0.717) is 50.8 Å². The Balaban J connectivity index is 1.95. The van der Waals surface area contributed by atoms with Crippen molar-refractivity contribution in [2.24, 2.45) is 5.92 Å². The Morgan fingerprint density at radius 2 is 1.91 bits per heavy atom. The van der Waals surface area contributed by atoms with Crippen molar-refractivity contribution in [3.05, 3.63) is 46.9 Å². The quantitative estimate of drug-likeness (QED) is 0.568. The monoisotopic (exact) mass is 488 g/mol. The summed E-state index contributed by atoms with van der Waals surface area (Å²) < 4.78 is 20.1. The Hall–Kier alpha value is -2.94. The van der Waals surface area contributed by atoms with Crippen LogP contribution in [-0.4, -0.2) is 78.0 Å². The minimum Gasteiger partial charge on any atom is -0.463 e. The summed E-state index contributed by atoms with van der Waals surface area (Å²) in [4.78, 5) is 44.4. The van der Waals surface area contributed by atoms with Crippen LogP contribution in [0.15, 0.2) is 35.5 Å². The molecule has 3 rings (SSSR count). The fraction of sp³-hybridized carbons (Fsp3) is 0.577. The Morgan fingerprint density at radius 3 is 2.51 bits per heavy atom. The number of halogens is 1. The first-order chi connectivity index (χ1) is 16.7. The number of hydrogen-bond donors (Lipinski definition) is 1. The number of piperazine rings is 1. The van der Waals surface area contributed by atoms with Gasteiger partial charge in [0.2, 0.25) is 5.91 Å². The Morgan fingerprint density at radius 1 is 1.20 bits per heavy atom. The van der Waals surface area contributed by atoms with Crippen molar-refractivity contribution in [2.45, 2.75) is 53.1 Å². The summed E-state index contributed by atoms with van der Waals surface area (Å²) >= 11 is 0. The van der Waals surface area contributed by atoms with Crippen LogP contribution in [0.4, 0.5) is 9.18 Å². The van der Waals surface area contributed by atoms with Gasteiger partial charge in [-0.3, -0.25) is 14.6 Å². The van der Waals surface area contributed by atoms with Crippen LogP contribution >= 0.6 is 0 Å². The lowest BCUT2D eigenvalue weighted by atomic mass is 9.93. The largest absolute Gasteiger partial charge is 0.463 e. The number of benzene rings is 1. The van der Waals surface area contributed by atoms with E-state index in [0.717, 1.165) is 0 Å². The lowest BCUT2D eigenvalue weighted by Crippen LogP contribution is -2.56. The van der Waals surface area contributed by atoms with Gasteiger partial charge in [-0.2, -0.15) is 0 Å². The van der Waals surface area contributed by atoms with Gasteiger partial charge in [-0.1, -0.05) is 32.0 Å². The van der Waals surface area contributed by atoms with Crippen molar-refractivity contribution < 1.29 is 23.5 Å². The third kappa shape index (κ3) is 6.01. The third-order valence-electron chi connectivity index (χ3n) is 6.45. The van der Waals surface area contributed by atoms with Crippen molar-refractivity contribution in [3.8, 4) is 0 Å². The number of nitrogens with zero attached hydrogens (tertiary/aromatic N) is 3. The van der Waals surface area contributed by atoms with Crippen molar-refractivity contribution in [1.82, 2.24) is 20.0 Å². The molecule has 1 fully saturated rings. The normalized spacial score (nSPS) is 21.4. The summed E-state index contributed by atoms with van der Waals surface area (Å²) in [6.07, 6.45) is 0.511. The van der Waals surface area contributed by atoms with E-state index in [9.17, 15) is 18.8 Å². The van der Waals surface area contributed by atoms with Crippen LogP contribution in [0, 0.1) is 11.7 Å². The van der Waals surface area contributed by atoms with E-state index < -0.39 is 17.8 Å². The molecular formula is C26H37FN4O4. The number of rotatable bonds is 8. The molecule has 0 bridgehead atoms. The van der Waals surface area contributed by atoms with Crippen LogP contribution in [0.3, 0.4) is 0 Å². The van der Waals surface area contributed by atoms with Gasteiger partial charge in [-0.25, -0.2) is 14.0 Å². The Labute approximate surface area is 207 Å². The molecule has 1 aromatic rings. The van der Waals surface area contributed by atoms with Gasteiger partial charge in [0.05, 0.1) is 18.2 Å². The van der Waals surface area contributed by atoms with E-state index >= 15 is 0 Å². The number of carbonyl (C=O) groups excluding carboxylic acids is 3. The molecule has 8 nitrogen and oxygen atoms in total. The standard InChI is InChI=1S/C26H37FN4O4/c1-6-30-21(16-29-12-13-31(18(5)15-29)22(32)14-17(3)4)23(25(33)35-7-2)24(28-26(30)34)19-10-8-9-11-20(19)27/h8-11,17-18,24H,6-7,12-16H2,1-5H3,(H,28,34)/t18-,24+/m1/s1. The Kier molecular flexibility index (Phi) is 8.88. The topological polar surface area (TPSA) is 82.2 Å². The lowest BCUT2D eigenvalue weighted by molar-refractivity contribution is -0.139. The number of ether oxygens (including phenoxy) is 1. The highest BCUT2D eigenvalue weighted by Gasteiger charge is 2.40. The van der Waals surface area contributed by atoms with E-state index in [1.165, 1.54) is 11.0 Å². The molecule has 35 heavy (non-hydrogen) atoms. The molecule has 0 saturated carbocycles. The molecule has 2 aliphatic heterocycles. The minimum absolute atomic E-state index is 0.00324. The zero-order chi connectivity index (χ0) is 25.7. The summed E-state index contributed by atoms with van der Waals surface area (Å²) in [6, 6.07) is 4.78. The lowest BCUT2D eigenvalue weighted by Gasteiger charge is -2.43. The van der Waals surface area contributed by atoms with Gasteiger partial charge in [0.1, 0.15) is 5.82 Å². The number of amides is 3. The Bertz CT molecular complexity index is 980. The highest BCUT2D eigenvalue weighted by molar-refractivity contribution is 5.95. The van der Waals surface area contributed by atoms with Crippen LogP contribution in [0.25, 0.3) is 0 Å². The van der Waals surface area contributed by atoms with Crippen LogP contribution in [0.1, 0.15) is 52.6 Å². The fourth-order valence-corrected chi connectivity index (χ4v) is 4.83. The van der Waals surface area contributed by atoms with Crippen LogP contribution in [0.5, 0.6) is 0 Å². The van der Waals surface area contributed by atoms with Crippen molar-refractivity contribution >= 4 is 17.9 Å². The predicted molar refractivity (Wildman–Crippen MR) is 131 cm³/mol. The first-order valence-electron chi connectivity index (χ1n) is 12.4. The molecular weight excluding hydrogens is 451 g/mol. The zero-order valence-electron chi connectivity index (χ0n) is 21.3. The second-order valence-electron chi connectivity index (χ2n) is 9.50. The van der Waals surface area contributed by atoms with E-state index in [2.05, 4.69) is 10.2 Å². The molecule has 192 valence electrons. The van der Waals surface area contributed by atoms with E-state index in [1.807, 2.05) is 32.6 Å². The second kappa shape index (κ2) is 11.7. The predicted octanol–water partition coefficient (Wildman–Crippen LogP) is 3.31. The number of urea groups is 1.